The Hall–Kier alpha value is -2.46. The molecule has 0 saturated heterocycles. The number of nitrogens with one attached hydrogen (secondary N) is 1. The third-order valence-corrected chi connectivity index (χ3v) is 3.04. The van der Waals surface area contributed by atoms with Gasteiger partial charge < -0.3 is 5.32 Å². The van der Waals surface area contributed by atoms with Crippen molar-refractivity contribution >= 4 is 34.1 Å². The number of amides is 1. The molecule has 0 saturated carbocycles. The number of nitrogens with zero attached hydrogens (tertiary/aromatic N) is 2. The average Bonchev–Trinajstić information content (AvgIpc) is 2.47. The highest BCUT2D eigenvalue weighted by molar-refractivity contribution is 6.30. The number of carbonyl (C=O) groups is 1. The number of hydrogen-bond donors (Lipinski definition) is 1. The largest absolute Gasteiger partial charge is 0.319 e. The third kappa shape index (κ3) is 2.60. The Bertz CT molecular complexity index is 789. The Kier molecular flexibility index (Phi) is 3.31. The van der Waals surface area contributed by atoms with Gasteiger partial charge in [0.05, 0.1) is 17.4 Å². The molecule has 0 aliphatic carbocycles. The lowest BCUT2D eigenvalue weighted by Crippen LogP contribution is -2.13. The minimum absolute atomic E-state index is 0.269. The van der Waals surface area contributed by atoms with Crippen molar-refractivity contribution in [1.82, 2.24) is 9.97 Å². The normalized spacial score (nSPS) is 10.4. The highest BCUT2D eigenvalue weighted by Crippen LogP contribution is 2.17. The first kappa shape index (κ1) is 12.6. The molecule has 5 heteroatoms. The molecule has 0 unspecified atom stereocenters. The van der Waals surface area contributed by atoms with Crippen molar-refractivity contribution in [3.8, 4) is 0 Å². The lowest BCUT2D eigenvalue weighted by atomic mass is 10.2. The van der Waals surface area contributed by atoms with E-state index in [4.69, 9.17) is 11.6 Å². The molecule has 3 rings (SSSR count). The molecular weight excluding hydrogens is 274 g/mol. The lowest BCUT2D eigenvalue weighted by Gasteiger charge is -2.05. The second-order valence-electron chi connectivity index (χ2n) is 4.23. The van der Waals surface area contributed by atoms with Crippen LogP contribution in [0.25, 0.3) is 10.9 Å². The number of hydrogen-bond acceptors (Lipinski definition) is 3. The standard InChI is InChI=1S/C15H10ClN3O/c16-11-5-6-17-14(8-11)15(20)19-12-7-10-3-1-2-4-13(10)18-9-12/h1-9H,(H,19,20). The summed E-state index contributed by atoms with van der Waals surface area (Å²) in [5, 5.41) is 4.19. The molecule has 98 valence electrons. The zero-order valence-corrected chi connectivity index (χ0v) is 11.1. The SMILES string of the molecule is O=C(Nc1cnc2ccccc2c1)c1cc(Cl)ccn1. The summed E-state index contributed by atoms with van der Waals surface area (Å²) in [7, 11) is 0. The number of halogens is 1. The Morgan fingerprint density at radius 1 is 1.10 bits per heavy atom. The van der Waals surface area contributed by atoms with Gasteiger partial charge >= 0.3 is 0 Å². The monoisotopic (exact) mass is 283 g/mol. The zero-order chi connectivity index (χ0) is 13.9. The van der Waals surface area contributed by atoms with Crippen LogP contribution in [0.1, 0.15) is 10.5 Å². The highest BCUT2D eigenvalue weighted by Gasteiger charge is 2.08. The summed E-state index contributed by atoms with van der Waals surface area (Å²) in [6.45, 7) is 0. The van der Waals surface area contributed by atoms with Crippen molar-refractivity contribution in [2.24, 2.45) is 0 Å². The molecule has 1 N–H and O–H groups in total. The quantitative estimate of drug-likeness (QED) is 0.783. The molecule has 0 aliphatic heterocycles. The Morgan fingerprint density at radius 2 is 1.95 bits per heavy atom. The van der Waals surface area contributed by atoms with Crippen molar-refractivity contribution in [2.75, 3.05) is 5.32 Å². The fourth-order valence-corrected chi connectivity index (χ4v) is 2.02. The van der Waals surface area contributed by atoms with Gasteiger partial charge in [0.15, 0.2) is 0 Å². The Balaban J connectivity index is 1.87. The summed E-state index contributed by atoms with van der Waals surface area (Å²) in [4.78, 5) is 20.3. The fourth-order valence-electron chi connectivity index (χ4n) is 1.86. The highest BCUT2D eigenvalue weighted by atomic mass is 35.5. The minimum atomic E-state index is -0.315. The van der Waals surface area contributed by atoms with Gasteiger partial charge in [0.25, 0.3) is 5.91 Å². The summed E-state index contributed by atoms with van der Waals surface area (Å²) >= 11 is 5.84. The van der Waals surface area contributed by atoms with Gasteiger partial charge in [0, 0.05) is 16.6 Å². The first-order chi connectivity index (χ1) is 9.72. The van der Waals surface area contributed by atoms with Crippen LogP contribution in [0, 0.1) is 0 Å². The Morgan fingerprint density at radius 3 is 2.80 bits per heavy atom. The maximum atomic E-state index is 12.0. The molecule has 4 nitrogen and oxygen atoms in total. The van der Waals surface area contributed by atoms with Crippen molar-refractivity contribution in [1.29, 1.82) is 0 Å². The van der Waals surface area contributed by atoms with Gasteiger partial charge in [0.1, 0.15) is 5.69 Å². The van der Waals surface area contributed by atoms with E-state index in [9.17, 15) is 4.79 Å². The molecule has 0 spiro atoms. The van der Waals surface area contributed by atoms with Crippen LogP contribution in [-0.4, -0.2) is 15.9 Å². The number of anilines is 1. The van der Waals surface area contributed by atoms with E-state index in [1.54, 1.807) is 12.3 Å². The van der Waals surface area contributed by atoms with Crippen molar-refractivity contribution in [3.63, 3.8) is 0 Å². The van der Waals surface area contributed by atoms with E-state index in [1.165, 1.54) is 12.3 Å². The number of rotatable bonds is 2. The minimum Gasteiger partial charge on any atom is -0.319 e. The van der Waals surface area contributed by atoms with Crippen LogP contribution in [0.15, 0.2) is 54.9 Å². The van der Waals surface area contributed by atoms with Crippen LogP contribution >= 0.6 is 11.6 Å². The number of fused-ring (bicyclic) bond motifs is 1. The van der Waals surface area contributed by atoms with Gasteiger partial charge in [-0.1, -0.05) is 29.8 Å². The van der Waals surface area contributed by atoms with Crippen LogP contribution in [0.3, 0.4) is 0 Å². The second kappa shape index (κ2) is 5.27. The molecule has 1 aromatic carbocycles. The zero-order valence-electron chi connectivity index (χ0n) is 10.4. The first-order valence-corrected chi connectivity index (χ1v) is 6.38. The number of benzene rings is 1. The molecule has 0 fully saturated rings. The van der Waals surface area contributed by atoms with E-state index in [2.05, 4.69) is 15.3 Å². The summed E-state index contributed by atoms with van der Waals surface area (Å²) in [5.41, 5.74) is 1.77. The fraction of sp³-hybridized carbons (Fsp3) is 0. The summed E-state index contributed by atoms with van der Waals surface area (Å²) in [6, 6.07) is 12.7. The summed E-state index contributed by atoms with van der Waals surface area (Å²) < 4.78 is 0. The summed E-state index contributed by atoms with van der Waals surface area (Å²) in [5.74, 6) is -0.315. The Labute approximate surface area is 120 Å². The smallest absolute Gasteiger partial charge is 0.274 e. The molecule has 20 heavy (non-hydrogen) atoms. The van der Waals surface area contributed by atoms with Crippen LogP contribution in [0.4, 0.5) is 5.69 Å². The van der Waals surface area contributed by atoms with E-state index >= 15 is 0 Å². The van der Waals surface area contributed by atoms with Crippen molar-refractivity contribution < 1.29 is 4.79 Å². The number of para-hydroxylation sites is 1. The molecule has 0 atom stereocenters. The van der Waals surface area contributed by atoms with Crippen LogP contribution in [-0.2, 0) is 0 Å². The number of pyridine rings is 2. The third-order valence-electron chi connectivity index (χ3n) is 2.80. The van der Waals surface area contributed by atoms with Crippen LogP contribution in [0.5, 0.6) is 0 Å². The van der Waals surface area contributed by atoms with Crippen molar-refractivity contribution in [3.05, 3.63) is 65.6 Å². The molecule has 2 heterocycles. The number of carbonyl (C=O) groups excluding carboxylic acids is 1. The van der Waals surface area contributed by atoms with E-state index in [0.717, 1.165) is 10.9 Å². The topological polar surface area (TPSA) is 54.9 Å². The van der Waals surface area contributed by atoms with E-state index < -0.39 is 0 Å². The molecule has 0 bridgehead atoms. The maximum Gasteiger partial charge on any atom is 0.274 e. The summed E-state index contributed by atoms with van der Waals surface area (Å²) in [6.07, 6.45) is 3.11. The molecule has 1 amide bonds. The molecule has 0 aliphatic rings. The predicted octanol–water partition coefficient (Wildman–Crippen LogP) is 3.54. The van der Waals surface area contributed by atoms with Gasteiger partial charge in [-0.25, -0.2) is 0 Å². The van der Waals surface area contributed by atoms with Gasteiger partial charge in [-0.05, 0) is 24.3 Å². The molecule has 2 aromatic heterocycles. The van der Waals surface area contributed by atoms with Gasteiger partial charge in [-0.3, -0.25) is 14.8 Å². The van der Waals surface area contributed by atoms with Gasteiger partial charge in [0.2, 0.25) is 0 Å². The van der Waals surface area contributed by atoms with Crippen molar-refractivity contribution in [2.45, 2.75) is 0 Å². The lowest BCUT2D eigenvalue weighted by molar-refractivity contribution is 0.102. The second-order valence-corrected chi connectivity index (χ2v) is 4.67. The van der Waals surface area contributed by atoms with Crippen LogP contribution in [0.2, 0.25) is 5.02 Å². The molecular formula is C15H10ClN3O. The molecule has 3 aromatic rings. The molecule has 0 radical (unpaired) electrons. The number of aromatic nitrogens is 2. The van der Waals surface area contributed by atoms with E-state index in [-0.39, 0.29) is 11.6 Å². The van der Waals surface area contributed by atoms with Gasteiger partial charge in [-0.15, -0.1) is 0 Å². The average molecular weight is 284 g/mol. The van der Waals surface area contributed by atoms with Gasteiger partial charge in [-0.2, -0.15) is 0 Å². The van der Waals surface area contributed by atoms with E-state index in [0.29, 0.717) is 10.7 Å². The maximum absolute atomic E-state index is 12.0. The first-order valence-electron chi connectivity index (χ1n) is 6.00. The van der Waals surface area contributed by atoms with Crippen LogP contribution < -0.4 is 5.32 Å². The van der Waals surface area contributed by atoms with E-state index in [1.807, 2.05) is 30.3 Å². The predicted molar refractivity (Wildman–Crippen MR) is 78.9 cm³/mol.